The third-order valence-electron chi connectivity index (χ3n) is 2.48. The molecule has 0 saturated heterocycles. The standard InChI is InChI=1S/C14H24N2O2/c1-12(2)10-18-11-14(17)9-16-8-5-13-3-6-15-7-4-13/h3-4,6-7,12,14,16-17H,5,8-11H2,1-2H3. The van der Waals surface area contributed by atoms with Crippen molar-refractivity contribution in [2.45, 2.75) is 26.4 Å². The molecule has 0 aliphatic heterocycles. The van der Waals surface area contributed by atoms with Crippen LogP contribution in [0, 0.1) is 5.92 Å². The Balaban J connectivity index is 2.00. The van der Waals surface area contributed by atoms with Crippen LogP contribution in [-0.2, 0) is 11.2 Å². The van der Waals surface area contributed by atoms with Crippen LogP contribution in [0.3, 0.4) is 0 Å². The minimum atomic E-state index is -0.429. The molecule has 1 aromatic heterocycles. The van der Waals surface area contributed by atoms with Gasteiger partial charge in [0.1, 0.15) is 0 Å². The molecule has 1 aromatic rings. The van der Waals surface area contributed by atoms with Crippen LogP contribution in [0.15, 0.2) is 24.5 Å². The van der Waals surface area contributed by atoms with E-state index in [0.717, 1.165) is 13.0 Å². The quantitative estimate of drug-likeness (QED) is 0.649. The van der Waals surface area contributed by atoms with Crippen molar-refractivity contribution in [1.82, 2.24) is 10.3 Å². The summed E-state index contributed by atoms with van der Waals surface area (Å²) in [7, 11) is 0. The van der Waals surface area contributed by atoms with E-state index in [4.69, 9.17) is 4.74 Å². The predicted octanol–water partition coefficient (Wildman–Crippen LogP) is 1.25. The highest BCUT2D eigenvalue weighted by atomic mass is 16.5. The molecule has 1 heterocycles. The van der Waals surface area contributed by atoms with Crippen molar-refractivity contribution in [2.24, 2.45) is 5.92 Å². The van der Waals surface area contributed by atoms with Crippen molar-refractivity contribution in [3.8, 4) is 0 Å². The second kappa shape index (κ2) is 9.03. The van der Waals surface area contributed by atoms with E-state index in [1.165, 1.54) is 5.56 Å². The lowest BCUT2D eigenvalue weighted by Crippen LogP contribution is -2.32. The van der Waals surface area contributed by atoms with Gasteiger partial charge < -0.3 is 15.2 Å². The van der Waals surface area contributed by atoms with Crippen LogP contribution in [0.4, 0.5) is 0 Å². The molecule has 0 aliphatic carbocycles. The van der Waals surface area contributed by atoms with Crippen LogP contribution in [0.25, 0.3) is 0 Å². The van der Waals surface area contributed by atoms with E-state index >= 15 is 0 Å². The maximum Gasteiger partial charge on any atom is 0.0897 e. The largest absolute Gasteiger partial charge is 0.389 e. The van der Waals surface area contributed by atoms with Gasteiger partial charge in [-0.05, 0) is 36.6 Å². The number of nitrogens with zero attached hydrogens (tertiary/aromatic N) is 1. The Kier molecular flexibility index (Phi) is 7.57. The SMILES string of the molecule is CC(C)COCC(O)CNCCc1ccncc1. The van der Waals surface area contributed by atoms with Crippen LogP contribution >= 0.6 is 0 Å². The first-order valence-corrected chi connectivity index (χ1v) is 6.54. The number of hydrogen-bond acceptors (Lipinski definition) is 4. The summed E-state index contributed by atoms with van der Waals surface area (Å²) in [6.07, 6.45) is 4.11. The van der Waals surface area contributed by atoms with Crippen LogP contribution in [-0.4, -0.2) is 42.5 Å². The number of aliphatic hydroxyl groups excluding tert-OH is 1. The molecule has 0 radical (unpaired) electrons. The molecule has 1 atom stereocenters. The molecule has 1 unspecified atom stereocenters. The van der Waals surface area contributed by atoms with E-state index in [2.05, 4.69) is 24.1 Å². The third kappa shape index (κ3) is 7.37. The van der Waals surface area contributed by atoms with Gasteiger partial charge in [-0.25, -0.2) is 0 Å². The number of nitrogens with one attached hydrogen (secondary N) is 1. The van der Waals surface area contributed by atoms with Crippen molar-refractivity contribution < 1.29 is 9.84 Å². The molecule has 102 valence electrons. The molecule has 0 aromatic carbocycles. The maximum absolute atomic E-state index is 9.66. The molecule has 1 rings (SSSR count). The highest BCUT2D eigenvalue weighted by Crippen LogP contribution is 1.96. The number of aliphatic hydroxyl groups is 1. The van der Waals surface area contributed by atoms with Crippen LogP contribution in [0.1, 0.15) is 19.4 Å². The molecule has 0 amide bonds. The summed E-state index contributed by atoms with van der Waals surface area (Å²) in [5.74, 6) is 0.511. The van der Waals surface area contributed by atoms with Crippen LogP contribution in [0.5, 0.6) is 0 Å². The van der Waals surface area contributed by atoms with Gasteiger partial charge in [-0.15, -0.1) is 0 Å². The van der Waals surface area contributed by atoms with Gasteiger partial charge in [0.25, 0.3) is 0 Å². The number of rotatable bonds is 9. The number of hydrogen-bond donors (Lipinski definition) is 2. The maximum atomic E-state index is 9.66. The first-order valence-electron chi connectivity index (χ1n) is 6.54. The molecule has 0 bridgehead atoms. The van der Waals surface area contributed by atoms with E-state index < -0.39 is 6.10 Å². The Morgan fingerprint density at radius 2 is 2.00 bits per heavy atom. The molecular formula is C14H24N2O2. The molecule has 2 N–H and O–H groups in total. The minimum absolute atomic E-state index is 0.403. The van der Waals surface area contributed by atoms with E-state index in [9.17, 15) is 5.11 Å². The monoisotopic (exact) mass is 252 g/mol. The van der Waals surface area contributed by atoms with Crippen molar-refractivity contribution >= 4 is 0 Å². The molecule has 4 heteroatoms. The highest BCUT2D eigenvalue weighted by molar-refractivity contribution is 5.09. The molecule has 0 fully saturated rings. The fraction of sp³-hybridized carbons (Fsp3) is 0.643. The molecule has 0 spiro atoms. The molecular weight excluding hydrogens is 228 g/mol. The summed E-state index contributed by atoms with van der Waals surface area (Å²) in [5.41, 5.74) is 1.25. The van der Waals surface area contributed by atoms with Gasteiger partial charge in [0.2, 0.25) is 0 Å². The molecule has 0 saturated carbocycles. The van der Waals surface area contributed by atoms with Crippen molar-refractivity contribution in [3.05, 3.63) is 30.1 Å². The van der Waals surface area contributed by atoms with Gasteiger partial charge in [-0.3, -0.25) is 4.98 Å². The minimum Gasteiger partial charge on any atom is -0.389 e. The summed E-state index contributed by atoms with van der Waals surface area (Å²) < 4.78 is 5.37. The van der Waals surface area contributed by atoms with E-state index in [0.29, 0.717) is 25.7 Å². The highest BCUT2D eigenvalue weighted by Gasteiger charge is 2.04. The zero-order valence-corrected chi connectivity index (χ0v) is 11.3. The number of ether oxygens (including phenoxy) is 1. The summed E-state index contributed by atoms with van der Waals surface area (Å²) in [6.45, 7) is 6.72. The Bertz CT molecular complexity index is 304. The van der Waals surface area contributed by atoms with Gasteiger partial charge in [-0.2, -0.15) is 0 Å². The zero-order valence-electron chi connectivity index (χ0n) is 11.3. The van der Waals surface area contributed by atoms with Gasteiger partial charge in [0, 0.05) is 25.5 Å². The fourth-order valence-corrected chi connectivity index (χ4v) is 1.55. The third-order valence-corrected chi connectivity index (χ3v) is 2.48. The summed E-state index contributed by atoms with van der Waals surface area (Å²) in [6, 6.07) is 4.01. The average Bonchev–Trinajstić information content (AvgIpc) is 2.35. The Labute approximate surface area is 109 Å². The zero-order chi connectivity index (χ0) is 13.2. The first kappa shape index (κ1) is 15.1. The summed E-state index contributed by atoms with van der Waals surface area (Å²) >= 11 is 0. The second-order valence-corrected chi connectivity index (χ2v) is 4.89. The summed E-state index contributed by atoms with van der Waals surface area (Å²) in [5, 5.41) is 12.9. The van der Waals surface area contributed by atoms with Gasteiger partial charge in [0.15, 0.2) is 0 Å². The number of aromatic nitrogens is 1. The smallest absolute Gasteiger partial charge is 0.0897 e. The van der Waals surface area contributed by atoms with Gasteiger partial charge >= 0.3 is 0 Å². The van der Waals surface area contributed by atoms with Crippen LogP contribution in [0.2, 0.25) is 0 Å². The second-order valence-electron chi connectivity index (χ2n) is 4.89. The fourth-order valence-electron chi connectivity index (χ4n) is 1.55. The lowest BCUT2D eigenvalue weighted by molar-refractivity contribution is 0.0263. The van der Waals surface area contributed by atoms with E-state index in [1.807, 2.05) is 12.1 Å². The lowest BCUT2D eigenvalue weighted by Gasteiger charge is -2.13. The molecule has 18 heavy (non-hydrogen) atoms. The predicted molar refractivity (Wildman–Crippen MR) is 72.5 cm³/mol. The van der Waals surface area contributed by atoms with E-state index in [-0.39, 0.29) is 0 Å². The van der Waals surface area contributed by atoms with Crippen molar-refractivity contribution in [3.63, 3.8) is 0 Å². The van der Waals surface area contributed by atoms with Gasteiger partial charge in [-0.1, -0.05) is 13.8 Å². The Morgan fingerprint density at radius 3 is 2.67 bits per heavy atom. The average molecular weight is 252 g/mol. The van der Waals surface area contributed by atoms with Crippen molar-refractivity contribution in [2.75, 3.05) is 26.3 Å². The molecule has 0 aliphatic rings. The van der Waals surface area contributed by atoms with Crippen molar-refractivity contribution in [1.29, 1.82) is 0 Å². The lowest BCUT2D eigenvalue weighted by atomic mass is 10.2. The Hall–Kier alpha value is -0.970. The van der Waals surface area contributed by atoms with Crippen LogP contribution < -0.4 is 5.32 Å². The normalized spacial score (nSPS) is 12.9. The Morgan fingerprint density at radius 1 is 1.28 bits per heavy atom. The first-order chi connectivity index (χ1) is 8.68. The van der Waals surface area contributed by atoms with Gasteiger partial charge in [0.05, 0.1) is 12.7 Å². The number of pyridine rings is 1. The topological polar surface area (TPSA) is 54.4 Å². The van der Waals surface area contributed by atoms with E-state index in [1.54, 1.807) is 12.4 Å². The summed E-state index contributed by atoms with van der Waals surface area (Å²) in [4.78, 5) is 3.97. The molecule has 4 nitrogen and oxygen atoms in total.